The van der Waals surface area contributed by atoms with Gasteiger partial charge in [0.25, 0.3) is 0 Å². The van der Waals surface area contributed by atoms with E-state index < -0.39 is 36.5 Å². The number of carboxylic acid groups (broad SMARTS) is 1. The molecule has 0 saturated carbocycles. The summed E-state index contributed by atoms with van der Waals surface area (Å²) in [7, 11) is 0. The molecule has 2 amide bonds. The summed E-state index contributed by atoms with van der Waals surface area (Å²) >= 11 is 0. The zero-order chi connectivity index (χ0) is 25.2. The first-order valence-corrected chi connectivity index (χ1v) is 11.6. The lowest BCUT2D eigenvalue weighted by Gasteiger charge is -2.20. The summed E-state index contributed by atoms with van der Waals surface area (Å²) in [4.78, 5) is 35.9. The van der Waals surface area contributed by atoms with Gasteiger partial charge in [-0.05, 0) is 41.5 Å². The number of fused-ring (bicyclic) bond motifs is 3. The molecular weight excluding hydrogens is 450 g/mol. The summed E-state index contributed by atoms with van der Waals surface area (Å²) < 4.78 is 5.52. The normalized spacial score (nSPS) is 13.6. The van der Waals surface area contributed by atoms with Crippen LogP contribution in [0.1, 0.15) is 49.1 Å². The number of ether oxygens (including phenoxy) is 1. The molecule has 0 bridgehead atoms. The van der Waals surface area contributed by atoms with E-state index in [2.05, 4.69) is 10.6 Å². The van der Waals surface area contributed by atoms with Crippen LogP contribution < -0.4 is 10.6 Å². The van der Waals surface area contributed by atoms with Crippen LogP contribution in [0.3, 0.4) is 0 Å². The molecule has 2 aromatic carbocycles. The van der Waals surface area contributed by atoms with Crippen molar-refractivity contribution >= 4 is 18.0 Å². The predicted octanol–water partition coefficient (Wildman–Crippen LogP) is 2.93. The van der Waals surface area contributed by atoms with E-state index in [4.69, 9.17) is 15.1 Å². The van der Waals surface area contributed by atoms with Gasteiger partial charge in [0.05, 0.1) is 18.6 Å². The monoisotopic (exact) mass is 479 g/mol. The molecule has 2 unspecified atom stereocenters. The van der Waals surface area contributed by atoms with Crippen LogP contribution in [0.15, 0.2) is 48.5 Å². The number of aliphatic carboxylic acids is 1. The molecule has 1 aliphatic rings. The first-order chi connectivity index (χ1) is 16.9. The number of hydrogen-bond donors (Lipinski definition) is 4. The molecule has 184 valence electrons. The van der Waals surface area contributed by atoms with Crippen LogP contribution in [0.25, 0.3) is 11.1 Å². The number of nitrogens with zero attached hydrogens (tertiary/aromatic N) is 1. The minimum Gasteiger partial charge on any atom is -0.481 e. The van der Waals surface area contributed by atoms with Crippen molar-refractivity contribution in [3.63, 3.8) is 0 Å². The summed E-state index contributed by atoms with van der Waals surface area (Å²) in [6, 6.07) is 17.0. The Balaban J connectivity index is 1.60. The molecule has 2 atom stereocenters. The number of aliphatic hydroxyl groups excluding tert-OH is 1. The molecule has 1 aliphatic carbocycles. The van der Waals surface area contributed by atoms with Crippen molar-refractivity contribution in [1.82, 2.24) is 10.6 Å². The molecular formula is C26H29N3O6. The van der Waals surface area contributed by atoms with Crippen molar-refractivity contribution in [2.75, 3.05) is 13.2 Å². The van der Waals surface area contributed by atoms with E-state index in [-0.39, 0.29) is 25.5 Å². The Morgan fingerprint density at radius 2 is 1.66 bits per heavy atom. The van der Waals surface area contributed by atoms with Gasteiger partial charge in [-0.25, -0.2) is 4.79 Å². The van der Waals surface area contributed by atoms with Gasteiger partial charge < -0.3 is 25.6 Å². The van der Waals surface area contributed by atoms with Gasteiger partial charge in [-0.15, -0.1) is 0 Å². The van der Waals surface area contributed by atoms with Gasteiger partial charge in [0.2, 0.25) is 5.91 Å². The number of rotatable bonds is 12. The molecule has 0 radical (unpaired) electrons. The molecule has 0 saturated heterocycles. The molecule has 4 N–H and O–H groups in total. The molecule has 0 fully saturated rings. The van der Waals surface area contributed by atoms with Gasteiger partial charge in [0.1, 0.15) is 12.6 Å². The predicted molar refractivity (Wildman–Crippen MR) is 127 cm³/mol. The highest BCUT2D eigenvalue weighted by Gasteiger charge is 2.29. The number of unbranched alkanes of at least 4 members (excludes halogenated alkanes) is 2. The van der Waals surface area contributed by atoms with E-state index >= 15 is 0 Å². The van der Waals surface area contributed by atoms with Gasteiger partial charge >= 0.3 is 12.1 Å². The Morgan fingerprint density at radius 1 is 1.03 bits per heavy atom. The van der Waals surface area contributed by atoms with Crippen LogP contribution in [0, 0.1) is 11.3 Å². The number of nitriles is 1. The second-order valence-corrected chi connectivity index (χ2v) is 8.42. The second kappa shape index (κ2) is 12.5. The van der Waals surface area contributed by atoms with E-state index in [0.29, 0.717) is 19.3 Å². The largest absolute Gasteiger partial charge is 0.481 e. The maximum atomic E-state index is 12.6. The smallest absolute Gasteiger partial charge is 0.407 e. The van der Waals surface area contributed by atoms with Crippen LogP contribution in [0.5, 0.6) is 0 Å². The van der Waals surface area contributed by atoms with Crippen LogP contribution in [0.2, 0.25) is 0 Å². The first kappa shape index (κ1) is 25.7. The van der Waals surface area contributed by atoms with Gasteiger partial charge in [0.15, 0.2) is 0 Å². The number of benzene rings is 2. The lowest BCUT2D eigenvalue weighted by molar-refractivity contribution is -0.139. The molecule has 9 heteroatoms. The maximum Gasteiger partial charge on any atom is 0.407 e. The Labute approximate surface area is 203 Å². The van der Waals surface area contributed by atoms with Crippen LogP contribution in [-0.2, 0) is 14.3 Å². The Morgan fingerprint density at radius 3 is 2.26 bits per heavy atom. The number of aliphatic hydroxyl groups is 1. The lowest BCUT2D eigenvalue weighted by atomic mass is 9.98. The summed E-state index contributed by atoms with van der Waals surface area (Å²) in [5.41, 5.74) is 4.35. The average Bonchev–Trinajstić information content (AvgIpc) is 3.16. The fourth-order valence-electron chi connectivity index (χ4n) is 4.22. The third-order valence-corrected chi connectivity index (χ3v) is 5.91. The van der Waals surface area contributed by atoms with Gasteiger partial charge in [0, 0.05) is 18.9 Å². The van der Waals surface area contributed by atoms with E-state index in [0.717, 1.165) is 22.3 Å². The topological polar surface area (TPSA) is 149 Å². The quantitative estimate of drug-likeness (QED) is 0.342. The standard InChI is InChI=1S/C26H29N3O6/c27-13-7-1-2-12-23(25(33)28-15-17(30)14-24(31)32)29-26(34)35-16-22-20-10-5-3-8-18(20)19-9-4-6-11-21(19)22/h3-6,8-11,17,22-23,30H,1-2,7,12,14-16H2,(H,28,33)(H,29,34)(H,31,32). The van der Waals surface area contributed by atoms with Crippen molar-refractivity contribution in [3.05, 3.63) is 59.7 Å². The number of alkyl carbamates (subject to hydrolysis) is 1. The highest BCUT2D eigenvalue weighted by molar-refractivity contribution is 5.85. The summed E-state index contributed by atoms with van der Waals surface area (Å²) in [6.45, 7) is -0.161. The van der Waals surface area contributed by atoms with E-state index in [1.807, 2.05) is 54.6 Å². The third kappa shape index (κ3) is 7.04. The fraction of sp³-hybridized carbons (Fsp3) is 0.385. The summed E-state index contributed by atoms with van der Waals surface area (Å²) in [6.07, 6.45) is -0.819. The minimum absolute atomic E-state index is 0.0972. The van der Waals surface area contributed by atoms with Crippen molar-refractivity contribution in [1.29, 1.82) is 5.26 Å². The summed E-state index contributed by atoms with van der Waals surface area (Å²) in [5, 5.41) is 32.2. The molecule has 9 nitrogen and oxygen atoms in total. The van der Waals surface area contributed by atoms with Crippen molar-refractivity contribution in [2.24, 2.45) is 0 Å². The molecule has 0 aromatic heterocycles. The maximum absolute atomic E-state index is 12.6. The molecule has 2 aromatic rings. The van der Waals surface area contributed by atoms with Gasteiger partial charge in [-0.1, -0.05) is 48.5 Å². The van der Waals surface area contributed by atoms with E-state index in [1.165, 1.54) is 0 Å². The molecule has 0 heterocycles. The number of carbonyl (C=O) groups excluding carboxylic acids is 2. The number of hydrogen-bond acceptors (Lipinski definition) is 6. The Hall–Kier alpha value is -3.90. The number of nitrogens with one attached hydrogen (secondary N) is 2. The lowest BCUT2D eigenvalue weighted by Crippen LogP contribution is -2.48. The van der Waals surface area contributed by atoms with E-state index in [1.54, 1.807) is 0 Å². The molecule has 0 spiro atoms. The molecule has 0 aliphatic heterocycles. The number of amides is 2. The fourth-order valence-corrected chi connectivity index (χ4v) is 4.22. The SMILES string of the molecule is N#CCCCCC(NC(=O)OCC1c2ccccc2-c2ccccc21)C(=O)NCC(O)CC(=O)O. The first-order valence-electron chi connectivity index (χ1n) is 11.6. The minimum atomic E-state index is -1.25. The zero-order valence-electron chi connectivity index (χ0n) is 19.3. The third-order valence-electron chi connectivity index (χ3n) is 5.91. The van der Waals surface area contributed by atoms with Crippen LogP contribution in [-0.4, -0.2) is 53.5 Å². The average molecular weight is 480 g/mol. The number of carboxylic acids is 1. The van der Waals surface area contributed by atoms with Crippen LogP contribution in [0.4, 0.5) is 4.79 Å². The van der Waals surface area contributed by atoms with Crippen molar-refractivity contribution in [2.45, 2.75) is 50.2 Å². The zero-order valence-corrected chi connectivity index (χ0v) is 19.3. The highest BCUT2D eigenvalue weighted by Crippen LogP contribution is 2.44. The van der Waals surface area contributed by atoms with E-state index in [9.17, 15) is 19.5 Å². The highest BCUT2D eigenvalue weighted by atomic mass is 16.5. The molecule has 3 rings (SSSR count). The van der Waals surface area contributed by atoms with Crippen LogP contribution >= 0.6 is 0 Å². The Bertz CT molecular complexity index is 1050. The van der Waals surface area contributed by atoms with Crippen molar-refractivity contribution in [3.8, 4) is 17.2 Å². The second-order valence-electron chi connectivity index (χ2n) is 8.42. The molecule has 35 heavy (non-hydrogen) atoms. The summed E-state index contributed by atoms with van der Waals surface area (Å²) in [5.74, 6) is -1.86. The van der Waals surface area contributed by atoms with Gasteiger partial charge in [-0.3, -0.25) is 9.59 Å². The van der Waals surface area contributed by atoms with Gasteiger partial charge in [-0.2, -0.15) is 5.26 Å². The Kier molecular flexibility index (Phi) is 9.21. The number of carbonyl (C=O) groups is 3. The van der Waals surface area contributed by atoms with Crippen molar-refractivity contribution < 1.29 is 29.3 Å².